The van der Waals surface area contributed by atoms with Gasteiger partial charge in [0.1, 0.15) is 0 Å². The molecule has 1 amide bonds. The van der Waals surface area contributed by atoms with E-state index in [1.807, 2.05) is 48.1 Å². The van der Waals surface area contributed by atoms with Crippen LogP contribution in [0.1, 0.15) is 15.9 Å². The monoisotopic (exact) mass is 332 g/mol. The molecule has 0 aliphatic carbocycles. The van der Waals surface area contributed by atoms with Crippen LogP contribution in [0.4, 0.5) is 0 Å². The maximum Gasteiger partial charge on any atom is 0.253 e. The van der Waals surface area contributed by atoms with Gasteiger partial charge in [0.15, 0.2) is 0 Å². The van der Waals surface area contributed by atoms with Crippen LogP contribution in [0.5, 0.6) is 0 Å². The predicted molar refractivity (Wildman–Crippen MR) is 90.6 cm³/mol. The van der Waals surface area contributed by atoms with E-state index in [1.54, 1.807) is 12.1 Å². The van der Waals surface area contributed by atoms with Crippen molar-refractivity contribution in [2.75, 3.05) is 0 Å². The molecule has 1 aromatic heterocycles. The fraction of sp³-hybridized carbons (Fsp3) is 0.118. The summed E-state index contributed by atoms with van der Waals surface area (Å²) in [5.74, 6) is -0.122. The smallest absolute Gasteiger partial charge is 0.253 e. The van der Waals surface area contributed by atoms with Crippen molar-refractivity contribution in [3.8, 4) is 0 Å². The predicted octanol–water partition coefficient (Wildman–Crippen LogP) is 4.42. The lowest BCUT2D eigenvalue weighted by Gasteiger charge is -2.07. The number of rotatable bonds is 3. The highest BCUT2D eigenvalue weighted by Crippen LogP contribution is 2.22. The zero-order valence-corrected chi connectivity index (χ0v) is 13.4. The molecule has 0 aliphatic heterocycles. The van der Waals surface area contributed by atoms with Gasteiger partial charge < -0.3 is 9.88 Å². The number of halogens is 2. The second-order valence-electron chi connectivity index (χ2n) is 5.09. The van der Waals surface area contributed by atoms with Crippen LogP contribution in [0, 0.1) is 0 Å². The Bertz CT molecular complexity index is 855. The molecule has 0 fully saturated rings. The molecule has 1 heterocycles. The van der Waals surface area contributed by atoms with E-state index in [2.05, 4.69) is 5.32 Å². The van der Waals surface area contributed by atoms with Gasteiger partial charge in [0, 0.05) is 40.7 Å². The van der Waals surface area contributed by atoms with E-state index in [0.717, 1.165) is 16.5 Å². The van der Waals surface area contributed by atoms with Crippen LogP contribution < -0.4 is 5.32 Å². The van der Waals surface area contributed by atoms with Crippen LogP contribution in [0.15, 0.2) is 48.7 Å². The van der Waals surface area contributed by atoms with Crippen molar-refractivity contribution in [1.82, 2.24) is 9.88 Å². The second kappa shape index (κ2) is 6.03. The molecule has 0 unspecified atom stereocenters. The minimum atomic E-state index is -0.122. The Morgan fingerprint density at radius 2 is 1.95 bits per heavy atom. The molecule has 3 rings (SSSR count). The summed E-state index contributed by atoms with van der Waals surface area (Å²) in [6, 6.07) is 13.1. The zero-order chi connectivity index (χ0) is 15.7. The lowest BCUT2D eigenvalue weighted by molar-refractivity contribution is 0.0952. The van der Waals surface area contributed by atoms with Gasteiger partial charge in [0.2, 0.25) is 0 Å². The van der Waals surface area contributed by atoms with E-state index < -0.39 is 0 Å². The summed E-state index contributed by atoms with van der Waals surface area (Å²) in [5.41, 5.74) is 2.51. The first kappa shape index (κ1) is 14.9. The highest BCUT2D eigenvalue weighted by molar-refractivity contribution is 6.35. The first-order valence-corrected chi connectivity index (χ1v) is 7.58. The zero-order valence-electron chi connectivity index (χ0n) is 11.9. The van der Waals surface area contributed by atoms with Crippen molar-refractivity contribution in [3.63, 3.8) is 0 Å². The number of aromatic nitrogens is 1. The number of benzene rings is 2. The number of nitrogens with one attached hydrogen (secondary N) is 1. The van der Waals surface area contributed by atoms with Crippen molar-refractivity contribution < 1.29 is 4.79 Å². The highest BCUT2D eigenvalue weighted by Gasteiger charge is 2.13. The van der Waals surface area contributed by atoms with Gasteiger partial charge in [-0.15, -0.1) is 0 Å². The molecule has 0 saturated carbocycles. The molecule has 0 radical (unpaired) electrons. The summed E-state index contributed by atoms with van der Waals surface area (Å²) in [5, 5.41) is 4.96. The molecule has 0 aliphatic rings. The average molecular weight is 333 g/mol. The fourth-order valence-electron chi connectivity index (χ4n) is 2.46. The maximum atomic E-state index is 12.4. The van der Waals surface area contributed by atoms with Gasteiger partial charge in [-0.25, -0.2) is 0 Å². The van der Waals surface area contributed by atoms with E-state index in [9.17, 15) is 4.79 Å². The van der Waals surface area contributed by atoms with E-state index in [4.69, 9.17) is 23.2 Å². The molecule has 0 saturated heterocycles. The van der Waals surface area contributed by atoms with E-state index in [0.29, 0.717) is 22.2 Å². The van der Waals surface area contributed by atoms with Crippen molar-refractivity contribution in [2.24, 2.45) is 7.05 Å². The number of hydrogen-bond donors (Lipinski definition) is 1. The summed E-state index contributed by atoms with van der Waals surface area (Å²) in [6.07, 6.45) is 1.84. The minimum Gasteiger partial charge on any atom is -0.350 e. The lowest BCUT2D eigenvalue weighted by Crippen LogP contribution is -2.22. The molecule has 3 nitrogen and oxygen atoms in total. The van der Waals surface area contributed by atoms with Gasteiger partial charge >= 0.3 is 0 Å². The third-order valence-corrected chi connectivity index (χ3v) is 4.18. The van der Waals surface area contributed by atoms with E-state index in [-0.39, 0.29) is 5.91 Å². The molecule has 1 N–H and O–H groups in total. The number of carbonyl (C=O) groups excluding carboxylic acids is 1. The SMILES string of the molecule is Cn1cc(C(=O)NCc2ccc(Cl)cc2Cl)c2ccccc21. The molecule has 3 aromatic rings. The Morgan fingerprint density at radius 1 is 1.18 bits per heavy atom. The Hall–Kier alpha value is -1.97. The van der Waals surface area contributed by atoms with Gasteiger partial charge in [-0.2, -0.15) is 0 Å². The van der Waals surface area contributed by atoms with Crippen molar-refractivity contribution in [1.29, 1.82) is 0 Å². The summed E-state index contributed by atoms with van der Waals surface area (Å²) >= 11 is 12.0. The first-order valence-electron chi connectivity index (χ1n) is 6.82. The van der Waals surface area contributed by atoms with Crippen LogP contribution >= 0.6 is 23.2 Å². The standard InChI is InChI=1S/C17H14Cl2N2O/c1-21-10-14(13-4-2-3-5-16(13)21)17(22)20-9-11-6-7-12(18)8-15(11)19/h2-8,10H,9H2,1H3,(H,20,22). The van der Waals surface area contributed by atoms with Crippen molar-refractivity contribution >= 4 is 40.0 Å². The maximum absolute atomic E-state index is 12.4. The molecule has 2 aromatic carbocycles. The Morgan fingerprint density at radius 3 is 2.73 bits per heavy atom. The van der Waals surface area contributed by atoms with Gasteiger partial charge in [-0.1, -0.05) is 47.5 Å². The first-order chi connectivity index (χ1) is 10.6. The Labute approximate surface area is 138 Å². The Balaban J connectivity index is 1.82. The molecular formula is C17H14Cl2N2O. The topological polar surface area (TPSA) is 34.0 Å². The Kier molecular flexibility index (Phi) is 4.10. The molecule has 0 atom stereocenters. The summed E-state index contributed by atoms with van der Waals surface area (Å²) < 4.78 is 1.94. The number of para-hydroxylation sites is 1. The van der Waals surface area contributed by atoms with Gasteiger partial charge in [0.05, 0.1) is 5.56 Å². The number of amides is 1. The molecule has 112 valence electrons. The van der Waals surface area contributed by atoms with E-state index in [1.165, 1.54) is 0 Å². The fourth-order valence-corrected chi connectivity index (χ4v) is 2.93. The third-order valence-electron chi connectivity index (χ3n) is 3.60. The quantitative estimate of drug-likeness (QED) is 0.757. The van der Waals surface area contributed by atoms with Crippen LogP contribution in [-0.4, -0.2) is 10.5 Å². The average Bonchev–Trinajstić information content (AvgIpc) is 2.84. The number of carbonyl (C=O) groups is 1. The van der Waals surface area contributed by atoms with Crippen molar-refractivity contribution in [3.05, 3.63) is 69.8 Å². The number of aryl methyl sites for hydroxylation is 1. The van der Waals surface area contributed by atoms with Gasteiger partial charge in [0.25, 0.3) is 5.91 Å². The van der Waals surface area contributed by atoms with Crippen molar-refractivity contribution in [2.45, 2.75) is 6.54 Å². The summed E-state index contributed by atoms with van der Waals surface area (Å²) in [7, 11) is 1.93. The van der Waals surface area contributed by atoms with Crippen LogP contribution in [0.25, 0.3) is 10.9 Å². The largest absolute Gasteiger partial charge is 0.350 e. The molecular weight excluding hydrogens is 319 g/mol. The van der Waals surface area contributed by atoms with Gasteiger partial charge in [-0.05, 0) is 23.8 Å². The molecule has 5 heteroatoms. The highest BCUT2D eigenvalue weighted by atomic mass is 35.5. The molecule has 0 bridgehead atoms. The second-order valence-corrected chi connectivity index (χ2v) is 5.93. The number of nitrogens with zero attached hydrogens (tertiary/aromatic N) is 1. The summed E-state index contributed by atoms with van der Waals surface area (Å²) in [6.45, 7) is 0.359. The summed E-state index contributed by atoms with van der Waals surface area (Å²) in [4.78, 5) is 12.4. The van der Waals surface area contributed by atoms with E-state index >= 15 is 0 Å². The van der Waals surface area contributed by atoms with Crippen LogP contribution in [-0.2, 0) is 13.6 Å². The molecule has 22 heavy (non-hydrogen) atoms. The normalized spacial score (nSPS) is 10.9. The van der Waals surface area contributed by atoms with Gasteiger partial charge in [-0.3, -0.25) is 4.79 Å². The minimum absolute atomic E-state index is 0.122. The third kappa shape index (κ3) is 2.82. The number of fused-ring (bicyclic) bond motifs is 1. The molecule has 0 spiro atoms. The van der Waals surface area contributed by atoms with Crippen LogP contribution in [0.3, 0.4) is 0 Å². The number of hydrogen-bond acceptors (Lipinski definition) is 1. The lowest BCUT2D eigenvalue weighted by atomic mass is 10.1. The van der Waals surface area contributed by atoms with Crippen LogP contribution in [0.2, 0.25) is 10.0 Å².